The molecule has 3 N–H and O–H groups in total. The molecule has 1 aliphatic rings. The molecular formula is C10H21NO. The molecule has 3 unspecified atom stereocenters. The van der Waals surface area contributed by atoms with Gasteiger partial charge in [-0.15, -0.1) is 0 Å². The lowest BCUT2D eigenvalue weighted by Gasteiger charge is -2.26. The average Bonchev–Trinajstić information content (AvgIpc) is 2.01. The molecule has 0 aromatic carbocycles. The quantitative estimate of drug-likeness (QED) is 0.678. The van der Waals surface area contributed by atoms with Crippen LogP contribution in [0, 0.1) is 5.92 Å². The van der Waals surface area contributed by atoms with Crippen LogP contribution in [0.4, 0.5) is 0 Å². The summed E-state index contributed by atoms with van der Waals surface area (Å²) in [6.45, 7) is 2.05. The molecule has 0 radical (unpaired) electrons. The molecule has 0 heterocycles. The second-order valence-electron chi connectivity index (χ2n) is 4.24. The summed E-state index contributed by atoms with van der Waals surface area (Å²) in [5, 5.41) is 9.41. The van der Waals surface area contributed by atoms with Crippen LogP contribution in [0.2, 0.25) is 0 Å². The maximum absolute atomic E-state index is 9.41. The van der Waals surface area contributed by atoms with Crippen LogP contribution in [-0.4, -0.2) is 17.3 Å². The molecule has 1 fully saturated rings. The number of hydrogen-bond donors (Lipinski definition) is 2. The minimum Gasteiger partial charge on any atom is -0.393 e. The Morgan fingerprint density at radius 3 is 2.83 bits per heavy atom. The minimum atomic E-state index is -0.0307. The average molecular weight is 171 g/mol. The van der Waals surface area contributed by atoms with E-state index in [1.807, 2.05) is 0 Å². The molecule has 72 valence electrons. The molecular weight excluding hydrogens is 150 g/mol. The second-order valence-corrected chi connectivity index (χ2v) is 4.24. The Balaban J connectivity index is 2.14. The van der Waals surface area contributed by atoms with Crippen LogP contribution in [0.1, 0.15) is 45.4 Å². The van der Waals surface area contributed by atoms with Gasteiger partial charge in [0.2, 0.25) is 0 Å². The highest BCUT2D eigenvalue weighted by atomic mass is 16.3. The summed E-state index contributed by atoms with van der Waals surface area (Å²) in [6.07, 6.45) is 6.79. The standard InChI is InChI=1S/C10H21NO/c1-8(11)5-6-9-3-2-4-10(12)7-9/h8-10,12H,2-7,11H2,1H3. The summed E-state index contributed by atoms with van der Waals surface area (Å²) in [5.41, 5.74) is 5.68. The van der Waals surface area contributed by atoms with Gasteiger partial charge >= 0.3 is 0 Å². The third-order valence-corrected chi connectivity index (χ3v) is 2.79. The number of aliphatic hydroxyl groups is 1. The highest BCUT2D eigenvalue weighted by Gasteiger charge is 2.19. The van der Waals surface area contributed by atoms with Gasteiger partial charge in [-0.2, -0.15) is 0 Å². The zero-order valence-electron chi connectivity index (χ0n) is 8.00. The molecule has 0 saturated heterocycles. The van der Waals surface area contributed by atoms with E-state index in [1.54, 1.807) is 0 Å². The first kappa shape index (κ1) is 10.0. The normalized spacial score (nSPS) is 33.2. The van der Waals surface area contributed by atoms with Crippen molar-refractivity contribution in [2.45, 2.75) is 57.6 Å². The zero-order valence-corrected chi connectivity index (χ0v) is 8.00. The number of hydrogen-bond acceptors (Lipinski definition) is 2. The topological polar surface area (TPSA) is 46.2 Å². The molecule has 2 heteroatoms. The Morgan fingerprint density at radius 2 is 2.25 bits per heavy atom. The molecule has 2 nitrogen and oxygen atoms in total. The van der Waals surface area contributed by atoms with Crippen molar-refractivity contribution >= 4 is 0 Å². The lowest BCUT2D eigenvalue weighted by atomic mass is 9.84. The van der Waals surface area contributed by atoms with Crippen LogP contribution < -0.4 is 5.73 Å². The monoisotopic (exact) mass is 171 g/mol. The highest BCUT2D eigenvalue weighted by molar-refractivity contribution is 4.73. The van der Waals surface area contributed by atoms with E-state index in [2.05, 4.69) is 6.92 Å². The van der Waals surface area contributed by atoms with Crippen LogP contribution in [0.3, 0.4) is 0 Å². The van der Waals surface area contributed by atoms with Crippen molar-refractivity contribution < 1.29 is 5.11 Å². The van der Waals surface area contributed by atoms with Crippen molar-refractivity contribution in [2.75, 3.05) is 0 Å². The molecule has 12 heavy (non-hydrogen) atoms. The lowest BCUT2D eigenvalue weighted by Crippen LogP contribution is -2.22. The van der Waals surface area contributed by atoms with Gasteiger partial charge in [0.25, 0.3) is 0 Å². The van der Waals surface area contributed by atoms with Crippen molar-refractivity contribution in [3.63, 3.8) is 0 Å². The zero-order chi connectivity index (χ0) is 8.97. The van der Waals surface area contributed by atoms with Gasteiger partial charge < -0.3 is 10.8 Å². The summed E-state index contributed by atoms with van der Waals surface area (Å²) in [4.78, 5) is 0. The third-order valence-electron chi connectivity index (χ3n) is 2.79. The lowest BCUT2D eigenvalue weighted by molar-refractivity contribution is 0.0971. The van der Waals surface area contributed by atoms with Crippen LogP contribution in [0.5, 0.6) is 0 Å². The molecule has 0 aromatic rings. The number of nitrogens with two attached hydrogens (primary N) is 1. The maximum Gasteiger partial charge on any atom is 0.0542 e. The Hall–Kier alpha value is -0.0800. The van der Waals surface area contributed by atoms with Gasteiger partial charge in [0.1, 0.15) is 0 Å². The van der Waals surface area contributed by atoms with Crippen LogP contribution >= 0.6 is 0 Å². The maximum atomic E-state index is 9.41. The van der Waals surface area contributed by atoms with E-state index in [-0.39, 0.29) is 6.10 Å². The van der Waals surface area contributed by atoms with Gasteiger partial charge in [0.15, 0.2) is 0 Å². The minimum absolute atomic E-state index is 0.0307. The molecule has 0 aromatic heterocycles. The largest absolute Gasteiger partial charge is 0.393 e. The molecule has 0 bridgehead atoms. The van der Waals surface area contributed by atoms with E-state index in [1.165, 1.54) is 19.3 Å². The van der Waals surface area contributed by atoms with Gasteiger partial charge in [-0.25, -0.2) is 0 Å². The van der Waals surface area contributed by atoms with Crippen LogP contribution in [0.15, 0.2) is 0 Å². The number of rotatable bonds is 3. The first-order valence-electron chi connectivity index (χ1n) is 5.12. The summed E-state index contributed by atoms with van der Waals surface area (Å²) in [5.74, 6) is 0.736. The summed E-state index contributed by atoms with van der Waals surface area (Å²) in [7, 11) is 0. The first-order chi connectivity index (χ1) is 5.68. The first-order valence-corrected chi connectivity index (χ1v) is 5.12. The smallest absolute Gasteiger partial charge is 0.0542 e. The fraction of sp³-hybridized carbons (Fsp3) is 1.00. The van der Waals surface area contributed by atoms with Crippen molar-refractivity contribution in [1.29, 1.82) is 0 Å². The van der Waals surface area contributed by atoms with E-state index < -0.39 is 0 Å². The van der Waals surface area contributed by atoms with Gasteiger partial charge in [0.05, 0.1) is 6.10 Å². The molecule has 3 atom stereocenters. The van der Waals surface area contributed by atoms with Crippen LogP contribution in [0.25, 0.3) is 0 Å². The summed E-state index contributed by atoms with van der Waals surface area (Å²) in [6, 6.07) is 0.323. The van der Waals surface area contributed by atoms with Gasteiger partial charge in [-0.05, 0) is 38.5 Å². The fourth-order valence-electron chi connectivity index (χ4n) is 2.02. The van der Waals surface area contributed by atoms with Gasteiger partial charge in [0, 0.05) is 6.04 Å². The SMILES string of the molecule is CC(N)CCC1CCCC(O)C1. The van der Waals surface area contributed by atoms with Crippen molar-refractivity contribution in [3.8, 4) is 0 Å². The molecule has 0 amide bonds. The van der Waals surface area contributed by atoms with Crippen LogP contribution in [-0.2, 0) is 0 Å². The summed E-state index contributed by atoms with van der Waals surface area (Å²) < 4.78 is 0. The van der Waals surface area contributed by atoms with Crippen molar-refractivity contribution in [3.05, 3.63) is 0 Å². The summed E-state index contributed by atoms with van der Waals surface area (Å²) >= 11 is 0. The molecule has 1 rings (SSSR count). The van der Waals surface area contributed by atoms with E-state index in [4.69, 9.17) is 5.73 Å². The van der Waals surface area contributed by atoms with E-state index in [9.17, 15) is 5.11 Å². The Kier molecular flexibility index (Phi) is 4.02. The molecule has 1 saturated carbocycles. The van der Waals surface area contributed by atoms with E-state index in [0.29, 0.717) is 6.04 Å². The van der Waals surface area contributed by atoms with Gasteiger partial charge in [-0.3, -0.25) is 0 Å². The van der Waals surface area contributed by atoms with Crippen molar-refractivity contribution in [1.82, 2.24) is 0 Å². The highest BCUT2D eigenvalue weighted by Crippen LogP contribution is 2.27. The second kappa shape index (κ2) is 4.83. The molecule has 1 aliphatic carbocycles. The third kappa shape index (κ3) is 3.55. The molecule has 0 aliphatic heterocycles. The Morgan fingerprint density at radius 1 is 1.50 bits per heavy atom. The van der Waals surface area contributed by atoms with Gasteiger partial charge in [-0.1, -0.05) is 12.8 Å². The Bertz CT molecular complexity index is 125. The molecule has 0 spiro atoms. The number of aliphatic hydroxyl groups excluding tert-OH is 1. The predicted octanol–water partition coefficient (Wildman–Crippen LogP) is 1.66. The predicted molar refractivity (Wildman–Crippen MR) is 50.8 cm³/mol. The Labute approximate surface area is 75.2 Å². The van der Waals surface area contributed by atoms with Crippen molar-refractivity contribution in [2.24, 2.45) is 11.7 Å². The van der Waals surface area contributed by atoms with E-state index in [0.717, 1.165) is 25.2 Å². The fourth-order valence-corrected chi connectivity index (χ4v) is 2.02. The van der Waals surface area contributed by atoms with E-state index >= 15 is 0 Å².